The Balaban J connectivity index is 1.67. The van der Waals surface area contributed by atoms with E-state index in [1.54, 1.807) is 23.1 Å². The van der Waals surface area contributed by atoms with E-state index in [2.05, 4.69) is 10.5 Å². The van der Waals surface area contributed by atoms with E-state index >= 15 is 0 Å². The standard InChI is InChI=1S/C21H23ClFN3O2/c1-14(2)24-21(27)26(12-15-4-3-5-17(22)10-15)13-19-11-20(25-28-19)16-6-8-18(23)9-7-16/h3-10,14,19H,11-13H2,1-2H3,(H,24,27). The van der Waals surface area contributed by atoms with Crippen molar-refractivity contribution in [3.8, 4) is 0 Å². The third-order valence-corrected chi connectivity index (χ3v) is 4.53. The fourth-order valence-electron chi connectivity index (χ4n) is 3.00. The van der Waals surface area contributed by atoms with Crippen LogP contribution in [-0.4, -0.2) is 35.3 Å². The van der Waals surface area contributed by atoms with Gasteiger partial charge in [0.25, 0.3) is 0 Å². The lowest BCUT2D eigenvalue weighted by Crippen LogP contribution is -2.45. The van der Waals surface area contributed by atoms with Crippen LogP contribution >= 0.6 is 11.6 Å². The SMILES string of the molecule is CC(C)NC(=O)N(Cc1cccc(Cl)c1)CC1CC(c2ccc(F)cc2)=NO1. The van der Waals surface area contributed by atoms with Crippen molar-refractivity contribution in [2.75, 3.05) is 6.54 Å². The van der Waals surface area contributed by atoms with E-state index in [-0.39, 0.29) is 24.0 Å². The van der Waals surface area contributed by atoms with E-state index < -0.39 is 0 Å². The van der Waals surface area contributed by atoms with Crippen molar-refractivity contribution in [2.24, 2.45) is 5.16 Å². The van der Waals surface area contributed by atoms with Gasteiger partial charge in [0.2, 0.25) is 0 Å². The number of carbonyl (C=O) groups excluding carboxylic acids is 1. The van der Waals surface area contributed by atoms with Crippen LogP contribution < -0.4 is 5.32 Å². The van der Waals surface area contributed by atoms with Crippen LogP contribution in [0.2, 0.25) is 5.02 Å². The number of nitrogens with one attached hydrogen (secondary N) is 1. The Kier molecular flexibility index (Phi) is 6.52. The smallest absolute Gasteiger partial charge is 0.318 e. The van der Waals surface area contributed by atoms with E-state index in [1.165, 1.54) is 12.1 Å². The Hall–Kier alpha value is -2.60. The van der Waals surface area contributed by atoms with E-state index in [9.17, 15) is 9.18 Å². The summed E-state index contributed by atoms with van der Waals surface area (Å²) in [7, 11) is 0. The van der Waals surface area contributed by atoms with Crippen LogP contribution in [-0.2, 0) is 11.4 Å². The van der Waals surface area contributed by atoms with Crippen LogP contribution in [0.1, 0.15) is 31.4 Å². The number of hydrogen-bond donors (Lipinski definition) is 1. The van der Waals surface area contributed by atoms with Gasteiger partial charge in [0.1, 0.15) is 5.82 Å². The minimum absolute atomic E-state index is 0.0184. The first-order chi connectivity index (χ1) is 13.4. The van der Waals surface area contributed by atoms with Gasteiger partial charge in [-0.05, 0) is 49.2 Å². The molecule has 1 aliphatic rings. The maximum absolute atomic E-state index is 13.1. The van der Waals surface area contributed by atoms with Crippen molar-refractivity contribution in [3.63, 3.8) is 0 Å². The molecule has 2 amide bonds. The number of benzene rings is 2. The second kappa shape index (κ2) is 9.06. The van der Waals surface area contributed by atoms with Gasteiger partial charge in [-0.2, -0.15) is 0 Å². The summed E-state index contributed by atoms with van der Waals surface area (Å²) in [5, 5.41) is 7.67. The highest BCUT2D eigenvalue weighted by Gasteiger charge is 2.27. The molecule has 1 heterocycles. The summed E-state index contributed by atoms with van der Waals surface area (Å²) in [5.41, 5.74) is 2.50. The molecule has 2 aromatic rings. The van der Waals surface area contributed by atoms with E-state index in [0.717, 1.165) is 16.8 Å². The van der Waals surface area contributed by atoms with Gasteiger partial charge >= 0.3 is 6.03 Å². The molecule has 1 unspecified atom stereocenters. The van der Waals surface area contributed by atoms with Crippen molar-refractivity contribution in [3.05, 3.63) is 70.5 Å². The fraction of sp³-hybridized carbons (Fsp3) is 0.333. The summed E-state index contributed by atoms with van der Waals surface area (Å²) in [6.07, 6.45) is 0.282. The molecular formula is C21H23ClFN3O2. The molecule has 7 heteroatoms. The second-order valence-electron chi connectivity index (χ2n) is 7.09. The largest absolute Gasteiger partial charge is 0.390 e. The number of hydrogen-bond acceptors (Lipinski definition) is 3. The van der Waals surface area contributed by atoms with E-state index in [1.807, 2.05) is 32.0 Å². The zero-order valence-corrected chi connectivity index (χ0v) is 16.6. The highest BCUT2D eigenvalue weighted by molar-refractivity contribution is 6.30. The zero-order chi connectivity index (χ0) is 20.1. The zero-order valence-electron chi connectivity index (χ0n) is 15.9. The maximum atomic E-state index is 13.1. The molecule has 28 heavy (non-hydrogen) atoms. The van der Waals surface area contributed by atoms with Gasteiger partial charge in [0, 0.05) is 24.0 Å². The van der Waals surface area contributed by atoms with E-state index in [0.29, 0.717) is 24.5 Å². The number of oxime groups is 1. The summed E-state index contributed by atoms with van der Waals surface area (Å²) in [6.45, 7) is 4.61. The predicted octanol–water partition coefficient (Wildman–Crippen LogP) is 4.59. The molecule has 0 spiro atoms. The molecule has 0 aliphatic carbocycles. The third-order valence-electron chi connectivity index (χ3n) is 4.30. The third kappa shape index (κ3) is 5.45. The quantitative estimate of drug-likeness (QED) is 0.766. The Morgan fingerprint density at radius 1 is 1.32 bits per heavy atom. The molecule has 0 aromatic heterocycles. The highest BCUT2D eigenvalue weighted by atomic mass is 35.5. The van der Waals surface area contributed by atoms with Crippen LogP contribution in [0.25, 0.3) is 0 Å². The monoisotopic (exact) mass is 403 g/mol. The van der Waals surface area contributed by atoms with Gasteiger partial charge in [0.05, 0.1) is 12.3 Å². The molecule has 1 atom stereocenters. The van der Waals surface area contributed by atoms with Gasteiger partial charge in [-0.15, -0.1) is 0 Å². The summed E-state index contributed by atoms with van der Waals surface area (Å²) < 4.78 is 13.1. The van der Waals surface area contributed by atoms with Crippen molar-refractivity contribution < 1.29 is 14.0 Å². The van der Waals surface area contributed by atoms with Crippen molar-refractivity contribution in [1.82, 2.24) is 10.2 Å². The topological polar surface area (TPSA) is 53.9 Å². The Bertz CT molecular complexity index is 855. The highest BCUT2D eigenvalue weighted by Crippen LogP contribution is 2.20. The summed E-state index contributed by atoms with van der Waals surface area (Å²) in [6, 6.07) is 13.4. The molecule has 3 rings (SSSR count). The normalized spacial score (nSPS) is 15.9. The number of nitrogens with zero attached hydrogens (tertiary/aromatic N) is 2. The molecule has 1 aliphatic heterocycles. The number of urea groups is 1. The van der Waals surface area contributed by atoms with Crippen LogP contribution in [0.4, 0.5) is 9.18 Å². The number of amides is 2. The molecule has 2 aromatic carbocycles. The van der Waals surface area contributed by atoms with Crippen LogP contribution in [0.15, 0.2) is 53.7 Å². The van der Waals surface area contributed by atoms with Gasteiger partial charge in [0.15, 0.2) is 6.10 Å². The van der Waals surface area contributed by atoms with Gasteiger partial charge in [-0.1, -0.05) is 41.0 Å². The molecular weight excluding hydrogens is 381 g/mol. The maximum Gasteiger partial charge on any atom is 0.318 e. The summed E-state index contributed by atoms with van der Waals surface area (Å²) in [5.74, 6) is -0.294. The van der Waals surface area contributed by atoms with Crippen molar-refractivity contribution >= 4 is 23.3 Å². The number of carbonyl (C=O) groups is 1. The Labute approximate surface area is 169 Å². The number of rotatable bonds is 6. The first kappa shape index (κ1) is 20.1. The molecule has 0 radical (unpaired) electrons. The average molecular weight is 404 g/mol. The minimum Gasteiger partial charge on any atom is -0.390 e. The Morgan fingerprint density at radius 2 is 2.07 bits per heavy atom. The van der Waals surface area contributed by atoms with Gasteiger partial charge in [-0.3, -0.25) is 0 Å². The fourth-order valence-corrected chi connectivity index (χ4v) is 3.21. The van der Waals surface area contributed by atoms with Gasteiger partial charge in [-0.25, -0.2) is 9.18 Å². The van der Waals surface area contributed by atoms with Gasteiger partial charge < -0.3 is 15.1 Å². The molecule has 0 bridgehead atoms. The first-order valence-electron chi connectivity index (χ1n) is 9.19. The van der Waals surface area contributed by atoms with Crippen LogP contribution in [0.5, 0.6) is 0 Å². The van der Waals surface area contributed by atoms with Crippen LogP contribution in [0.3, 0.4) is 0 Å². The second-order valence-corrected chi connectivity index (χ2v) is 7.53. The van der Waals surface area contributed by atoms with E-state index in [4.69, 9.17) is 16.4 Å². The van der Waals surface area contributed by atoms with Crippen molar-refractivity contribution in [1.29, 1.82) is 0 Å². The molecule has 5 nitrogen and oxygen atoms in total. The Morgan fingerprint density at radius 3 is 2.75 bits per heavy atom. The molecule has 148 valence electrons. The molecule has 0 saturated carbocycles. The summed E-state index contributed by atoms with van der Waals surface area (Å²) in [4.78, 5) is 19.9. The first-order valence-corrected chi connectivity index (χ1v) is 9.57. The van der Waals surface area contributed by atoms with Crippen molar-refractivity contribution in [2.45, 2.75) is 39.0 Å². The lowest BCUT2D eigenvalue weighted by molar-refractivity contribution is 0.0586. The summed E-state index contributed by atoms with van der Waals surface area (Å²) >= 11 is 6.07. The lowest BCUT2D eigenvalue weighted by Gasteiger charge is -2.26. The minimum atomic E-state index is -0.294. The molecule has 1 N–H and O–H groups in total. The number of halogens is 2. The average Bonchev–Trinajstić information content (AvgIpc) is 3.10. The lowest BCUT2D eigenvalue weighted by atomic mass is 10.0. The molecule has 0 fully saturated rings. The molecule has 0 saturated heterocycles. The van der Waals surface area contributed by atoms with Crippen LogP contribution in [0, 0.1) is 5.82 Å². The predicted molar refractivity (Wildman–Crippen MR) is 108 cm³/mol.